The Morgan fingerprint density at radius 1 is 1.18 bits per heavy atom. The lowest BCUT2D eigenvalue weighted by molar-refractivity contribution is -0.132. The molecule has 6 heteroatoms. The van der Waals surface area contributed by atoms with Gasteiger partial charge in [0.25, 0.3) is 0 Å². The number of ether oxygens (including phenoxy) is 2. The zero-order chi connectivity index (χ0) is 16.1. The minimum absolute atomic E-state index is 0.122. The number of nitriles is 1. The van der Waals surface area contributed by atoms with Gasteiger partial charge >= 0.3 is 5.97 Å². The van der Waals surface area contributed by atoms with Crippen LogP contribution in [0.25, 0.3) is 0 Å². The Balaban J connectivity index is 2.19. The molecular weight excluding hydrogens is 284 g/mol. The highest BCUT2D eigenvalue weighted by Crippen LogP contribution is 2.31. The van der Waals surface area contributed by atoms with Gasteiger partial charge in [-0.15, -0.1) is 0 Å². The standard InChI is InChI=1S/C16H18N2O4/c1-21-13-7-12(8-14(9-13)22-2)18-5-3-11(4-6-18)15(10-17)16(19)20/h7-9H,3-6H2,1-2H3,(H,19,20). The lowest BCUT2D eigenvalue weighted by Crippen LogP contribution is -2.31. The third-order valence-corrected chi connectivity index (χ3v) is 3.75. The highest BCUT2D eigenvalue weighted by Gasteiger charge is 2.21. The van der Waals surface area contributed by atoms with Gasteiger partial charge in [-0.25, -0.2) is 4.79 Å². The molecule has 6 nitrogen and oxygen atoms in total. The molecule has 22 heavy (non-hydrogen) atoms. The molecule has 1 aromatic rings. The normalized spacial score (nSPS) is 14.2. The summed E-state index contributed by atoms with van der Waals surface area (Å²) in [5.41, 5.74) is 1.55. The van der Waals surface area contributed by atoms with Crippen LogP contribution < -0.4 is 14.4 Å². The smallest absolute Gasteiger partial charge is 0.346 e. The number of rotatable bonds is 4. The summed E-state index contributed by atoms with van der Waals surface area (Å²) in [6.45, 7) is 1.31. The molecule has 1 aliphatic rings. The Labute approximate surface area is 129 Å². The molecule has 1 heterocycles. The van der Waals surface area contributed by atoms with Gasteiger partial charge in [0.2, 0.25) is 0 Å². The van der Waals surface area contributed by atoms with Gasteiger partial charge in [0.1, 0.15) is 23.1 Å². The van der Waals surface area contributed by atoms with Gasteiger partial charge in [0.05, 0.1) is 14.2 Å². The fourth-order valence-corrected chi connectivity index (χ4v) is 2.54. The number of benzene rings is 1. The minimum atomic E-state index is -1.14. The van der Waals surface area contributed by atoms with Crippen LogP contribution in [0.5, 0.6) is 11.5 Å². The van der Waals surface area contributed by atoms with Crippen molar-refractivity contribution < 1.29 is 19.4 Å². The Kier molecular flexibility index (Phi) is 4.89. The molecule has 0 aliphatic carbocycles. The van der Waals surface area contributed by atoms with E-state index in [0.29, 0.717) is 43.0 Å². The number of methoxy groups -OCH3 is 2. The maximum absolute atomic E-state index is 11.0. The number of carboxylic acid groups (broad SMARTS) is 1. The Bertz CT molecular complexity index is 614. The predicted octanol–water partition coefficient (Wildman–Crippen LogP) is 2.21. The molecule has 2 rings (SSSR count). The highest BCUT2D eigenvalue weighted by atomic mass is 16.5. The summed E-state index contributed by atoms with van der Waals surface area (Å²) in [5.74, 6) is 0.270. The average Bonchev–Trinajstić information content (AvgIpc) is 2.55. The number of piperidine rings is 1. The second-order valence-corrected chi connectivity index (χ2v) is 4.95. The number of hydrogen-bond acceptors (Lipinski definition) is 5. The molecular formula is C16H18N2O4. The Morgan fingerprint density at radius 2 is 1.73 bits per heavy atom. The summed E-state index contributed by atoms with van der Waals surface area (Å²) in [7, 11) is 3.20. The first kappa shape index (κ1) is 15.7. The molecule has 0 unspecified atom stereocenters. The number of carboxylic acids is 1. The van der Waals surface area contributed by atoms with Gasteiger partial charge in [-0.3, -0.25) is 0 Å². The molecule has 0 bridgehead atoms. The molecule has 0 radical (unpaired) electrons. The third-order valence-electron chi connectivity index (χ3n) is 3.75. The number of aliphatic carboxylic acids is 1. The van der Waals surface area contributed by atoms with Crippen LogP contribution in [0.4, 0.5) is 5.69 Å². The molecule has 0 amide bonds. The van der Waals surface area contributed by atoms with Crippen LogP contribution in [0.1, 0.15) is 12.8 Å². The van der Waals surface area contributed by atoms with Crippen molar-refractivity contribution in [1.82, 2.24) is 0 Å². The van der Waals surface area contributed by atoms with E-state index in [4.69, 9.17) is 19.8 Å². The van der Waals surface area contributed by atoms with E-state index in [2.05, 4.69) is 4.90 Å². The summed E-state index contributed by atoms with van der Waals surface area (Å²) in [6.07, 6.45) is 1.13. The molecule has 0 aromatic heterocycles. The van der Waals surface area contributed by atoms with Crippen LogP contribution in [0.15, 0.2) is 29.3 Å². The van der Waals surface area contributed by atoms with Crippen molar-refractivity contribution in [2.24, 2.45) is 0 Å². The number of nitrogens with zero attached hydrogens (tertiary/aromatic N) is 2. The predicted molar refractivity (Wildman–Crippen MR) is 81.3 cm³/mol. The van der Waals surface area contributed by atoms with Crippen molar-refractivity contribution in [3.8, 4) is 17.6 Å². The van der Waals surface area contributed by atoms with Gasteiger partial charge in [0, 0.05) is 37.0 Å². The summed E-state index contributed by atoms with van der Waals surface area (Å²) >= 11 is 0. The number of carbonyl (C=O) groups is 1. The molecule has 0 atom stereocenters. The molecule has 0 saturated carbocycles. The van der Waals surface area contributed by atoms with Crippen LogP contribution in [0.3, 0.4) is 0 Å². The lowest BCUT2D eigenvalue weighted by atomic mass is 9.98. The SMILES string of the molecule is COc1cc(OC)cc(N2CCC(=C(C#N)C(=O)O)CC2)c1. The van der Waals surface area contributed by atoms with Crippen molar-refractivity contribution >= 4 is 11.7 Å². The molecule has 1 aromatic carbocycles. The monoisotopic (exact) mass is 302 g/mol. The first-order valence-corrected chi connectivity index (χ1v) is 6.92. The van der Waals surface area contributed by atoms with E-state index in [1.807, 2.05) is 12.1 Å². The van der Waals surface area contributed by atoms with Gasteiger partial charge in [-0.05, 0) is 18.4 Å². The van der Waals surface area contributed by atoms with E-state index in [9.17, 15) is 4.79 Å². The van der Waals surface area contributed by atoms with Gasteiger partial charge in [-0.1, -0.05) is 0 Å². The van der Waals surface area contributed by atoms with Crippen LogP contribution >= 0.6 is 0 Å². The Morgan fingerprint density at radius 3 is 2.14 bits per heavy atom. The van der Waals surface area contributed by atoms with Crippen molar-refractivity contribution in [2.75, 3.05) is 32.2 Å². The maximum Gasteiger partial charge on any atom is 0.346 e. The second-order valence-electron chi connectivity index (χ2n) is 4.95. The second kappa shape index (κ2) is 6.85. The quantitative estimate of drug-likeness (QED) is 0.678. The fourth-order valence-electron chi connectivity index (χ4n) is 2.54. The van der Waals surface area contributed by atoms with Crippen molar-refractivity contribution in [3.05, 3.63) is 29.3 Å². The van der Waals surface area contributed by atoms with Crippen molar-refractivity contribution in [3.63, 3.8) is 0 Å². The van der Waals surface area contributed by atoms with E-state index in [1.165, 1.54) is 0 Å². The molecule has 1 fully saturated rings. The van der Waals surface area contributed by atoms with Crippen LogP contribution in [0.2, 0.25) is 0 Å². The first-order chi connectivity index (χ1) is 10.6. The first-order valence-electron chi connectivity index (χ1n) is 6.92. The molecule has 1 aliphatic heterocycles. The molecule has 1 saturated heterocycles. The van der Waals surface area contributed by atoms with Crippen LogP contribution in [-0.2, 0) is 4.79 Å². The fraction of sp³-hybridized carbons (Fsp3) is 0.375. The van der Waals surface area contributed by atoms with Crippen LogP contribution in [0, 0.1) is 11.3 Å². The zero-order valence-electron chi connectivity index (χ0n) is 12.6. The van der Waals surface area contributed by atoms with E-state index >= 15 is 0 Å². The third kappa shape index (κ3) is 3.31. The van der Waals surface area contributed by atoms with Crippen LogP contribution in [-0.4, -0.2) is 38.4 Å². The number of hydrogen-bond donors (Lipinski definition) is 1. The van der Waals surface area contributed by atoms with E-state index in [0.717, 1.165) is 5.69 Å². The summed E-state index contributed by atoms with van der Waals surface area (Å²) < 4.78 is 10.5. The van der Waals surface area contributed by atoms with Crippen molar-refractivity contribution in [2.45, 2.75) is 12.8 Å². The van der Waals surface area contributed by atoms with Crippen molar-refractivity contribution in [1.29, 1.82) is 5.26 Å². The summed E-state index contributed by atoms with van der Waals surface area (Å²) in [4.78, 5) is 13.2. The zero-order valence-corrected chi connectivity index (χ0v) is 12.6. The minimum Gasteiger partial charge on any atom is -0.497 e. The van der Waals surface area contributed by atoms with E-state index in [-0.39, 0.29) is 5.57 Å². The molecule has 1 N–H and O–H groups in total. The largest absolute Gasteiger partial charge is 0.497 e. The summed E-state index contributed by atoms with van der Waals surface area (Å²) in [6, 6.07) is 7.42. The maximum atomic E-state index is 11.0. The highest BCUT2D eigenvalue weighted by molar-refractivity contribution is 5.92. The van der Waals surface area contributed by atoms with E-state index < -0.39 is 5.97 Å². The lowest BCUT2D eigenvalue weighted by Gasteiger charge is -2.31. The van der Waals surface area contributed by atoms with E-state index in [1.54, 1.807) is 26.4 Å². The summed E-state index contributed by atoms with van der Waals surface area (Å²) in [5, 5.41) is 18.0. The molecule has 0 spiro atoms. The number of anilines is 1. The Hall–Kier alpha value is -2.68. The van der Waals surface area contributed by atoms with Gasteiger partial charge in [0.15, 0.2) is 0 Å². The van der Waals surface area contributed by atoms with Gasteiger partial charge in [-0.2, -0.15) is 5.26 Å². The molecule has 116 valence electrons. The topological polar surface area (TPSA) is 82.8 Å². The average molecular weight is 302 g/mol. The van der Waals surface area contributed by atoms with Gasteiger partial charge < -0.3 is 19.5 Å².